The summed E-state index contributed by atoms with van der Waals surface area (Å²) >= 11 is 0. The van der Waals surface area contributed by atoms with Gasteiger partial charge in [-0.05, 0) is 44.1 Å². The SMILES string of the molecule is C(#CC1CCCCC1)C1=CCCCC1. The molecule has 0 N–H and O–H groups in total. The lowest BCUT2D eigenvalue weighted by Crippen LogP contribution is -2.03. The fourth-order valence-electron chi connectivity index (χ4n) is 2.39. The van der Waals surface area contributed by atoms with Crippen LogP contribution in [0.15, 0.2) is 11.6 Å². The van der Waals surface area contributed by atoms with Crippen molar-refractivity contribution in [2.75, 3.05) is 0 Å². The molecule has 0 atom stereocenters. The lowest BCUT2D eigenvalue weighted by molar-refractivity contribution is 0.430. The van der Waals surface area contributed by atoms with Crippen LogP contribution in [-0.2, 0) is 0 Å². The van der Waals surface area contributed by atoms with Gasteiger partial charge in [0.25, 0.3) is 0 Å². The van der Waals surface area contributed by atoms with E-state index in [4.69, 9.17) is 0 Å². The van der Waals surface area contributed by atoms with Crippen molar-refractivity contribution in [3.05, 3.63) is 11.6 Å². The topological polar surface area (TPSA) is 0 Å². The summed E-state index contributed by atoms with van der Waals surface area (Å²) in [6.07, 6.45) is 14.5. The minimum atomic E-state index is 0.714. The third kappa shape index (κ3) is 2.91. The first-order chi connectivity index (χ1) is 6.95. The van der Waals surface area contributed by atoms with Crippen LogP contribution >= 0.6 is 0 Å². The van der Waals surface area contributed by atoms with Gasteiger partial charge in [-0.3, -0.25) is 0 Å². The fourth-order valence-corrected chi connectivity index (χ4v) is 2.39. The molecule has 0 heterocycles. The predicted molar refractivity (Wildman–Crippen MR) is 60.9 cm³/mol. The molecule has 2 rings (SSSR count). The van der Waals surface area contributed by atoms with Crippen molar-refractivity contribution in [3.8, 4) is 11.8 Å². The largest absolute Gasteiger partial charge is 0.0948 e. The second kappa shape index (κ2) is 5.25. The van der Waals surface area contributed by atoms with Crippen LogP contribution in [0.5, 0.6) is 0 Å². The normalized spacial score (nSPS) is 23.6. The lowest BCUT2D eigenvalue weighted by Gasteiger charge is -2.15. The monoisotopic (exact) mass is 188 g/mol. The number of rotatable bonds is 0. The molecule has 0 aromatic carbocycles. The minimum absolute atomic E-state index is 0.714. The van der Waals surface area contributed by atoms with Crippen molar-refractivity contribution >= 4 is 0 Å². The van der Waals surface area contributed by atoms with E-state index in [1.807, 2.05) is 0 Å². The van der Waals surface area contributed by atoms with E-state index in [1.54, 1.807) is 0 Å². The van der Waals surface area contributed by atoms with Gasteiger partial charge >= 0.3 is 0 Å². The van der Waals surface area contributed by atoms with Crippen molar-refractivity contribution in [1.29, 1.82) is 0 Å². The van der Waals surface area contributed by atoms with E-state index >= 15 is 0 Å². The zero-order chi connectivity index (χ0) is 9.64. The van der Waals surface area contributed by atoms with Crippen molar-refractivity contribution in [1.82, 2.24) is 0 Å². The Hall–Kier alpha value is -0.700. The molecule has 2 aliphatic carbocycles. The Kier molecular flexibility index (Phi) is 3.69. The Morgan fingerprint density at radius 3 is 2.57 bits per heavy atom. The van der Waals surface area contributed by atoms with Crippen LogP contribution in [0.3, 0.4) is 0 Å². The van der Waals surface area contributed by atoms with Gasteiger partial charge in [0.1, 0.15) is 0 Å². The summed E-state index contributed by atoms with van der Waals surface area (Å²) in [6.45, 7) is 0. The first-order valence-electron chi connectivity index (χ1n) is 6.16. The molecule has 0 spiro atoms. The summed E-state index contributed by atoms with van der Waals surface area (Å²) < 4.78 is 0. The maximum atomic E-state index is 3.47. The summed E-state index contributed by atoms with van der Waals surface area (Å²) in [4.78, 5) is 0. The average molecular weight is 188 g/mol. The van der Waals surface area contributed by atoms with E-state index in [9.17, 15) is 0 Å². The van der Waals surface area contributed by atoms with Crippen LogP contribution in [0.25, 0.3) is 0 Å². The summed E-state index contributed by atoms with van der Waals surface area (Å²) in [5.41, 5.74) is 1.42. The molecule has 0 amide bonds. The standard InChI is InChI=1S/C14H20/c1-3-7-13(8-4-1)11-12-14-9-5-2-6-10-14/h7,14H,1-6,8-10H2. The quantitative estimate of drug-likeness (QED) is 0.503. The Balaban J connectivity index is 1.87. The van der Waals surface area contributed by atoms with Gasteiger partial charge in [0.2, 0.25) is 0 Å². The number of hydrogen-bond donors (Lipinski definition) is 0. The van der Waals surface area contributed by atoms with Crippen LogP contribution in [0.1, 0.15) is 57.8 Å². The molecule has 76 valence electrons. The molecule has 0 aromatic rings. The minimum Gasteiger partial charge on any atom is -0.0948 e. The molecule has 0 aliphatic heterocycles. The predicted octanol–water partition coefficient (Wildman–Crippen LogP) is 4.07. The lowest BCUT2D eigenvalue weighted by atomic mass is 9.89. The van der Waals surface area contributed by atoms with E-state index in [2.05, 4.69) is 17.9 Å². The van der Waals surface area contributed by atoms with Crippen LogP contribution in [0, 0.1) is 17.8 Å². The highest BCUT2D eigenvalue weighted by Crippen LogP contribution is 2.23. The maximum absolute atomic E-state index is 3.47. The molecule has 1 fully saturated rings. The zero-order valence-electron chi connectivity index (χ0n) is 9.02. The molecule has 2 aliphatic rings. The smallest absolute Gasteiger partial charge is 0.0206 e. The van der Waals surface area contributed by atoms with Gasteiger partial charge in [0, 0.05) is 5.92 Å². The molecule has 0 heteroatoms. The van der Waals surface area contributed by atoms with Gasteiger partial charge in [0.05, 0.1) is 0 Å². The summed E-state index contributed by atoms with van der Waals surface area (Å²) in [5.74, 6) is 7.59. The van der Waals surface area contributed by atoms with Crippen molar-refractivity contribution in [2.45, 2.75) is 57.8 Å². The van der Waals surface area contributed by atoms with Crippen LogP contribution in [0.2, 0.25) is 0 Å². The van der Waals surface area contributed by atoms with Gasteiger partial charge in [-0.2, -0.15) is 0 Å². The second-order valence-corrected chi connectivity index (χ2v) is 4.58. The van der Waals surface area contributed by atoms with E-state index in [0.717, 1.165) is 0 Å². The van der Waals surface area contributed by atoms with Gasteiger partial charge in [0.15, 0.2) is 0 Å². The second-order valence-electron chi connectivity index (χ2n) is 4.58. The van der Waals surface area contributed by atoms with E-state index in [1.165, 1.54) is 63.4 Å². The Labute approximate surface area is 87.8 Å². The third-order valence-electron chi connectivity index (χ3n) is 3.33. The molecular formula is C14H20. The van der Waals surface area contributed by atoms with Crippen molar-refractivity contribution in [3.63, 3.8) is 0 Å². The Morgan fingerprint density at radius 2 is 1.86 bits per heavy atom. The molecular weight excluding hydrogens is 168 g/mol. The van der Waals surface area contributed by atoms with Gasteiger partial charge in [-0.25, -0.2) is 0 Å². The first-order valence-corrected chi connectivity index (χ1v) is 6.16. The van der Waals surface area contributed by atoms with Gasteiger partial charge in [-0.1, -0.05) is 37.2 Å². The first kappa shape index (κ1) is 9.84. The Bertz CT molecular complexity index is 255. The summed E-state index contributed by atoms with van der Waals surface area (Å²) in [6, 6.07) is 0. The van der Waals surface area contributed by atoms with Crippen LogP contribution < -0.4 is 0 Å². The molecule has 0 bridgehead atoms. The zero-order valence-corrected chi connectivity index (χ0v) is 9.02. The Morgan fingerprint density at radius 1 is 1.00 bits per heavy atom. The van der Waals surface area contributed by atoms with Crippen molar-refractivity contribution in [2.24, 2.45) is 5.92 Å². The van der Waals surface area contributed by atoms with E-state index in [-0.39, 0.29) is 0 Å². The fraction of sp³-hybridized carbons (Fsp3) is 0.714. The number of allylic oxidation sites excluding steroid dienone is 2. The maximum Gasteiger partial charge on any atom is 0.0206 e. The van der Waals surface area contributed by atoms with Crippen molar-refractivity contribution < 1.29 is 0 Å². The molecule has 0 radical (unpaired) electrons. The third-order valence-corrected chi connectivity index (χ3v) is 3.33. The molecule has 0 saturated heterocycles. The van der Waals surface area contributed by atoms with Crippen LogP contribution in [-0.4, -0.2) is 0 Å². The van der Waals surface area contributed by atoms with Crippen LogP contribution in [0.4, 0.5) is 0 Å². The summed E-state index contributed by atoms with van der Waals surface area (Å²) in [7, 11) is 0. The highest BCUT2D eigenvalue weighted by molar-refractivity contribution is 5.30. The average Bonchev–Trinajstić information content (AvgIpc) is 2.29. The molecule has 0 unspecified atom stereocenters. The molecule has 1 saturated carbocycles. The van der Waals surface area contributed by atoms with E-state index < -0.39 is 0 Å². The number of hydrogen-bond acceptors (Lipinski definition) is 0. The van der Waals surface area contributed by atoms with Gasteiger partial charge < -0.3 is 0 Å². The molecule has 0 nitrogen and oxygen atoms in total. The van der Waals surface area contributed by atoms with E-state index in [0.29, 0.717) is 5.92 Å². The summed E-state index contributed by atoms with van der Waals surface area (Å²) in [5, 5.41) is 0. The molecule has 14 heavy (non-hydrogen) atoms. The highest BCUT2D eigenvalue weighted by atomic mass is 14.1. The van der Waals surface area contributed by atoms with Gasteiger partial charge in [-0.15, -0.1) is 0 Å². The highest BCUT2D eigenvalue weighted by Gasteiger charge is 2.10. The molecule has 0 aromatic heterocycles.